The number of nitrogens with zero attached hydrogens (tertiary/aromatic N) is 3. The Hall–Kier alpha value is -1.10. The first-order valence-corrected chi connectivity index (χ1v) is 11.5. The predicted molar refractivity (Wildman–Crippen MR) is 113 cm³/mol. The van der Waals surface area contributed by atoms with E-state index in [1.54, 1.807) is 0 Å². The van der Waals surface area contributed by atoms with Crippen LogP contribution >= 0.6 is 0 Å². The number of aliphatic hydroxyl groups excluding tert-OH is 5. The van der Waals surface area contributed by atoms with Gasteiger partial charge in [0.2, 0.25) is 0 Å². The van der Waals surface area contributed by atoms with Crippen LogP contribution < -0.4 is 5.32 Å². The van der Waals surface area contributed by atoms with Gasteiger partial charge in [0, 0.05) is 12.7 Å². The Labute approximate surface area is 179 Å². The Morgan fingerprint density at radius 3 is 2.00 bits per heavy atom. The highest BCUT2D eigenvalue weighted by molar-refractivity contribution is 5.02. The van der Waals surface area contributed by atoms with Crippen LogP contribution in [0.15, 0.2) is 6.20 Å². The van der Waals surface area contributed by atoms with Crippen molar-refractivity contribution < 1.29 is 25.5 Å². The lowest BCUT2D eigenvalue weighted by atomic mass is 9.83. The number of nitrogens with one attached hydrogen (secondary N) is 1. The van der Waals surface area contributed by atoms with E-state index in [0.29, 0.717) is 19.4 Å². The maximum Gasteiger partial charge on any atom is 0.111 e. The summed E-state index contributed by atoms with van der Waals surface area (Å²) in [6.07, 6.45) is 6.27. The van der Waals surface area contributed by atoms with Gasteiger partial charge in [0.15, 0.2) is 0 Å². The van der Waals surface area contributed by atoms with E-state index in [9.17, 15) is 25.5 Å². The van der Waals surface area contributed by atoms with Crippen LogP contribution in [0.4, 0.5) is 0 Å². The molecule has 1 aromatic heterocycles. The minimum absolute atomic E-state index is 0.458. The molecule has 0 aliphatic heterocycles. The molecule has 1 aromatic rings. The minimum atomic E-state index is -1.57. The SMILES string of the molecule is CCCCCCCCCCn1cc(CCCNC2[C@@H](O)[C@H](O)C(O)[C@H](O)[C@H]2O)nn1. The normalized spacial score (nSPS) is 29.4. The average molecular weight is 429 g/mol. The van der Waals surface area contributed by atoms with E-state index in [1.165, 1.54) is 44.9 Å². The Morgan fingerprint density at radius 1 is 0.800 bits per heavy atom. The minimum Gasteiger partial charge on any atom is -0.389 e. The van der Waals surface area contributed by atoms with Crippen LogP contribution in [0.25, 0.3) is 0 Å². The molecule has 1 fully saturated rings. The molecular formula is C21H40N4O5. The third kappa shape index (κ3) is 7.55. The number of aromatic nitrogens is 3. The molecule has 9 heteroatoms. The van der Waals surface area contributed by atoms with Gasteiger partial charge in [-0.1, -0.05) is 57.1 Å². The average Bonchev–Trinajstić information content (AvgIpc) is 3.20. The molecule has 6 N–H and O–H groups in total. The second-order valence-corrected chi connectivity index (χ2v) is 8.48. The van der Waals surface area contributed by atoms with Gasteiger partial charge in [-0.05, 0) is 25.8 Å². The van der Waals surface area contributed by atoms with Crippen molar-refractivity contribution >= 4 is 0 Å². The highest BCUT2D eigenvalue weighted by Crippen LogP contribution is 2.21. The van der Waals surface area contributed by atoms with Crippen LogP contribution in [0.2, 0.25) is 0 Å². The molecule has 0 saturated heterocycles. The monoisotopic (exact) mass is 428 g/mol. The van der Waals surface area contributed by atoms with Crippen LogP contribution in [0.5, 0.6) is 0 Å². The quantitative estimate of drug-likeness (QED) is 0.229. The van der Waals surface area contributed by atoms with Crippen molar-refractivity contribution in [2.45, 2.75) is 114 Å². The standard InChI is InChI=1S/C21H40N4O5/c1-2-3-4-5-6-7-8-9-13-25-14-15(23-24-25)11-10-12-22-16-17(26)19(28)21(30)20(29)18(16)27/h14,16-22,26-30H,2-13H2,1H3/t16?,17-,18+,19+,20-,21?. The molecule has 0 bridgehead atoms. The highest BCUT2D eigenvalue weighted by atomic mass is 16.4. The maximum absolute atomic E-state index is 10.0. The third-order valence-corrected chi connectivity index (χ3v) is 5.95. The molecule has 30 heavy (non-hydrogen) atoms. The lowest BCUT2D eigenvalue weighted by Crippen LogP contribution is -2.67. The zero-order valence-electron chi connectivity index (χ0n) is 18.1. The van der Waals surface area contributed by atoms with Gasteiger partial charge in [-0.15, -0.1) is 5.10 Å². The van der Waals surface area contributed by atoms with Crippen LogP contribution in [-0.4, -0.2) is 83.6 Å². The second-order valence-electron chi connectivity index (χ2n) is 8.48. The van der Waals surface area contributed by atoms with E-state index in [4.69, 9.17) is 0 Å². The van der Waals surface area contributed by atoms with E-state index in [2.05, 4.69) is 22.6 Å². The van der Waals surface area contributed by atoms with Crippen LogP contribution in [0.3, 0.4) is 0 Å². The molecule has 1 aliphatic rings. The molecule has 0 spiro atoms. The molecule has 1 heterocycles. The number of hydrogen-bond donors (Lipinski definition) is 6. The fourth-order valence-corrected chi connectivity index (χ4v) is 3.98. The summed E-state index contributed by atoms with van der Waals surface area (Å²) < 4.78 is 1.88. The van der Waals surface area contributed by atoms with E-state index < -0.39 is 36.6 Å². The van der Waals surface area contributed by atoms with Gasteiger partial charge in [-0.2, -0.15) is 0 Å². The van der Waals surface area contributed by atoms with Crippen molar-refractivity contribution in [3.05, 3.63) is 11.9 Å². The molecule has 9 nitrogen and oxygen atoms in total. The van der Waals surface area contributed by atoms with Gasteiger partial charge in [0.25, 0.3) is 0 Å². The number of hydrogen-bond acceptors (Lipinski definition) is 8. The molecular weight excluding hydrogens is 388 g/mol. The largest absolute Gasteiger partial charge is 0.389 e. The number of aliphatic hydroxyl groups is 5. The van der Waals surface area contributed by atoms with Crippen LogP contribution in [0, 0.1) is 0 Å². The Balaban J connectivity index is 1.59. The van der Waals surface area contributed by atoms with Gasteiger partial charge < -0.3 is 30.8 Å². The lowest BCUT2D eigenvalue weighted by molar-refractivity contribution is -0.190. The van der Waals surface area contributed by atoms with Crippen molar-refractivity contribution in [2.24, 2.45) is 0 Å². The molecule has 0 amide bonds. The molecule has 2 unspecified atom stereocenters. The molecule has 6 atom stereocenters. The van der Waals surface area contributed by atoms with Crippen molar-refractivity contribution in [3.63, 3.8) is 0 Å². The molecule has 1 aliphatic carbocycles. The summed E-state index contributed by atoms with van der Waals surface area (Å²) in [5.74, 6) is 0. The van der Waals surface area contributed by atoms with E-state index in [-0.39, 0.29) is 0 Å². The fourth-order valence-electron chi connectivity index (χ4n) is 3.98. The summed E-state index contributed by atoms with van der Waals surface area (Å²) in [6.45, 7) is 3.56. The first kappa shape index (κ1) is 25.2. The topological polar surface area (TPSA) is 144 Å². The Kier molecular flexibility index (Phi) is 11.2. The van der Waals surface area contributed by atoms with Gasteiger partial charge in [0.05, 0.1) is 11.7 Å². The van der Waals surface area contributed by atoms with E-state index in [0.717, 1.165) is 18.7 Å². The second kappa shape index (κ2) is 13.3. The zero-order valence-corrected chi connectivity index (χ0v) is 18.1. The number of aryl methyl sites for hydroxylation is 2. The summed E-state index contributed by atoms with van der Waals surface area (Å²) >= 11 is 0. The first-order valence-electron chi connectivity index (χ1n) is 11.5. The van der Waals surface area contributed by atoms with Crippen molar-refractivity contribution in [1.82, 2.24) is 20.3 Å². The highest BCUT2D eigenvalue weighted by Gasteiger charge is 2.47. The van der Waals surface area contributed by atoms with Gasteiger partial charge in [-0.3, -0.25) is 4.68 Å². The molecule has 2 rings (SSSR count). The van der Waals surface area contributed by atoms with Crippen LogP contribution in [-0.2, 0) is 13.0 Å². The Bertz CT molecular complexity index is 571. The van der Waals surface area contributed by atoms with E-state index in [1.807, 2.05) is 10.9 Å². The van der Waals surface area contributed by atoms with Gasteiger partial charge in [-0.25, -0.2) is 0 Å². The van der Waals surface area contributed by atoms with Crippen molar-refractivity contribution in [2.75, 3.05) is 6.54 Å². The smallest absolute Gasteiger partial charge is 0.111 e. The molecule has 0 aromatic carbocycles. The maximum atomic E-state index is 10.0. The summed E-state index contributed by atoms with van der Waals surface area (Å²) in [5.41, 5.74) is 0.886. The van der Waals surface area contributed by atoms with Gasteiger partial charge >= 0.3 is 0 Å². The summed E-state index contributed by atoms with van der Waals surface area (Å²) in [5, 5.41) is 60.5. The lowest BCUT2D eigenvalue weighted by Gasteiger charge is -2.42. The predicted octanol–water partition coefficient (Wildman–Crippen LogP) is 0.128. The summed E-state index contributed by atoms with van der Waals surface area (Å²) in [4.78, 5) is 0. The third-order valence-electron chi connectivity index (χ3n) is 5.95. The molecule has 174 valence electrons. The first-order chi connectivity index (χ1) is 14.5. The zero-order chi connectivity index (χ0) is 21.9. The number of unbranched alkanes of at least 4 members (excludes halogenated alkanes) is 7. The fraction of sp³-hybridized carbons (Fsp3) is 0.905. The van der Waals surface area contributed by atoms with Gasteiger partial charge in [0.1, 0.15) is 30.5 Å². The van der Waals surface area contributed by atoms with E-state index >= 15 is 0 Å². The van der Waals surface area contributed by atoms with Crippen molar-refractivity contribution in [3.8, 4) is 0 Å². The number of rotatable bonds is 14. The van der Waals surface area contributed by atoms with Crippen molar-refractivity contribution in [1.29, 1.82) is 0 Å². The Morgan fingerprint density at radius 2 is 1.37 bits per heavy atom. The summed E-state index contributed by atoms with van der Waals surface area (Å²) in [6, 6.07) is -0.906. The molecule has 0 radical (unpaired) electrons. The summed E-state index contributed by atoms with van der Waals surface area (Å²) in [7, 11) is 0. The molecule has 1 saturated carbocycles. The van der Waals surface area contributed by atoms with Crippen LogP contribution in [0.1, 0.15) is 70.4 Å².